The van der Waals surface area contributed by atoms with Crippen molar-refractivity contribution in [1.29, 1.82) is 0 Å². The maximum absolute atomic E-state index is 13.6. The summed E-state index contributed by atoms with van der Waals surface area (Å²) in [6, 6.07) is 20.4. The van der Waals surface area contributed by atoms with Crippen LogP contribution in [-0.2, 0) is 15.3 Å². The van der Waals surface area contributed by atoms with Crippen LogP contribution in [0.4, 0.5) is 5.13 Å². The van der Waals surface area contributed by atoms with E-state index >= 15 is 0 Å². The number of hydrogen-bond acceptors (Lipinski definition) is 9. The Kier molecular flexibility index (Phi) is 9.46. The number of thioether (sulfide) groups is 1. The highest BCUT2D eigenvalue weighted by molar-refractivity contribution is 8.00. The maximum atomic E-state index is 13.6. The van der Waals surface area contributed by atoms with Crippen molar-refractivity contribution in [1.82, 2.24) is 10.2 Å². The molecule has 1 fully saturated rings. The normalized spacial score (nSPS) is 16.2. The SMILES string of the molecule is CCCCOc1cccc(C2C(=C(O)c3ccc(OC)cc3)C(=O)C(=O)N2c2nnc(SCc3ccccc3Cl)s2)c1. The second-order valence-corrected chi connectivity index (χ2v) is 12.0. The van der Waals surface area contributed by atoms with E-state index in [1.807, 2.05) is 30.3 Å². The van der Waals surface area contributed by atoms with E-state index in [4.69, 9.17) is 21.1 Å². The summed E-state index contributed by atoms with van der Waals surface area (Å²) >= 11 is 8.93. The number of ketones is 1. The molecule has 1 aromatic heterocycles. The lowest BCUT2D eigenvalue weighted by Gasteiger charge is -2.23. The van der Waals surface area contributed by atoms with Gasteiger partial charge in [0.15, 0.2) is 4.34 Å². The quantitative estimate of drug-likeness (QED) is 0.0465. The molecule has 1 aliphatic rings. The number of unbranched alkanes of at least 4 members (excludes halogenated alkanes) is 1. The van der Waals surface area contributed by atoms with Crippen LogP contribution in [0.15, 0.2) is 82.7 Å². The number of amides is 1. The number of carbonyl (C=O) groups excluding carboxylic acids is 2. The molecule has 42 heavy (non-hydrogen) atoms. The highest BCUT2D eigenvalue weighted by atomic mass is 35.5. The highest BCUT2D eigenvalue weighted by Gasteiger charge is 2.48. The molecule has 4 aromatic rings. The predicted molar refractivity (Wildman–Crippen MR) is 166 cm³/mol. The fourth-order valence-electron chi connectivity index (χ4n) is 4.47. The van der Waals surface area contributed by atoms with E-state index < -0.39 is 17.7 Å². The van der Waals surface area contributed by atoms with Gasteiger partial charge in [0, 0.05) is 16.3 Å². The molecule has 1 saturated heterocycles. The van der Waals surface area contributed by atoms with E-state index in [0.29, 0.717) is 44.3 Å². The minimum absolute atomic E-state index is 0.0451. The standard InChI is InChI=1S/C31H28ClN3O5S2/c1-3-4-16-40-23-10-7-9-20(17-23)26-25(27(36)19-12-14-22(39-2)15-13-19)28(37)29(38)35(26)30-33-34-31(42-30)41-18-21-8-5-6-11-24(21)32/h5-15,17,26,36H,3-4,16,18H2,1-2H3. The van der Waals surface area contributed by atoms with E-state index in [1.165, 1.54) is 28.0 Å². The summed E-state index contributed by atoms with van der Waals surface area (Å²) in [5.74, 6) is -0.151. The van der Waals surface area contributed by atoms with Gasteiger partial charge in [0.25, 0.3) is 5.78 Å². The summed E-state index contributed by atoms with van der Waals surface area (Å²) in [6.45, 7) is 2.61. The Morgan fingerprint density at radius 3 is 2.57 bits per heavy atom. The number of aliphatic hydroxyl groups excluding tert-OH is 1. The van der Waals surface area contributed by atoms with E-state index in [1.54, 1.807) is 49.6 Å². The third kappa shape index (κ3) is 6.30. The number of halogens is 1. The molecule has 0 saturated carbocycles. The van der Waals surface area contributed by atoms with Crippen LogP contribution >= 0.6 is 34.7 Å². The third-order valence-corrected chi connectivity index (χ3v) is 9.13. The predicted octanol–water partition coefficient (Wildman–Crippen LogP) is 7.30. The van der Waals surface area contributed by atoms with E-state index in [0.717, 1.165) is 18.4 Å². The second-order valence-electron chi connectivity index (χ2n) is 9.40. The van der Waals surface area contributed by atoms with Crippen molar-refractivity contribution in [3.05, 3.63) is 100 Å². The number of methoxy groups -OCH3 is 1. The average molecular weight is 622 g/mol. The molecule has 5 rings (SSSR count). The smallest absolute Gasteiger partial charge is 0.301 e. The van der Waals surface area contributed by atoms with Crippen LogP contribution in [0.25, 0.3) is 5.76 Å². The van der Waals surface area contributed by atoms with Crippen molar-refractivity contribution in [2.24, 2.45) is 0 Å². The van der Waals surface area contributed by atoms with Crippen LogP contribution in [0, 0.1) is 0 Å². The van der Waals surface area contributed by atoms with Gasteiger partial charge in [-0.05, 0) is 60.0 Å². The molecule has 3 aromatic carbocycles. The average Bonchev–Trinajstić information content (AvgIpc) is 3.58. The minimum Gasteiger partial charge on any atom is -0.507 e. The van der Waals surface area contributed by atoms with Gasteiger partial charge < -0.3 is 14.6 Å². The Balaban J connectivity index is 1.54. The van der Waals surface area contributed by atoms with Crippen LogP contribution < -0.4 is 14.4 Å². The molecule has 2 heterocycles. The number of nitrogens with zero attached hydrogens (tertiary/aromatic N) is 3. The summed E-state index contributed by atoms with van der Waals surface area (Å²) < 4.78 is 11.7. The molecule has 0 aliphatic carbocycles. The van der Waals surface area contributed by atoms with Gasteiger partial charge in [0.05, 0.1) is 25.3 Å². The topological polar surface area (TPSA) is 102 Å². The third-order valence-electron chi connectivity index (χ3n) is 6.66. The number of benzene rings is 3. The van der Waals surface area contributed by atoms with E-state index in [-0.39, 0.29) is 16.5 Å². The first-order chi connectivity index (χ1) is 20.4. The fraction of sp³-hybridized carbons (Fsp3) is 0.226. The first-order valence-electron chi connectivity index (χ1n) is 13.3. The largest absolute Gasteiger partial charge is 0.507 e. The number of ether oxygens (including phenoxy) is 2. The fourth-order valence-corrected chi connectivity index (χ4v) is 6.62. The number of Topliss-reactive ketones (excluding diaryl/α,β-unsaturated/α-hetero) is 1. The van der Waals surface area contributed by atoms with E-state index in [2.05, 4.69) is 17.1 Å². The summed E-state index contributed by atoms with van der Waals surface area (Å²) in [5.41, 5.74) is 1.87. The molecule has 0 radical (unpaired) electrons. The lowest BCUT2D eigenvalue weighted by molar-refractivity contribution is -0.132. The molecule has 0 spiro atoms. The summed E-state index contributed by atoms with van der Waals surface area (Å²) in [6.07, 6.45) is 1.87. The molecule has 216 valence electrons. The van der Waals surface area contributed by atoms with Gasteiger partial charge in [-0.15, -0.1) is 10.2 Å². The lowest BCUT2D eigenvalue weighted by atomic mass is 9.95. The molecule has 11 heteroatoms. The Morgan fingerprint density at radius 1 is 1.05 bits per heavy atom. The van der Waals surface area contributed by atoms with Gasteiger partial charge >= 0.3 is 5.91 Å². The molecule has 8 nitrogen and oxygen atoms in total. The highest BCUT2D eigenvalue weighted by Crippen LogP contribution is 2.44. The van der Waals surface area contributed by atoms with Crippen molar-refractivity contribution in [3.63, 3.8) is 0 Å². The van der Waals surface area contributed by atoms with Crippen molar-refractivity contribution >= 4 is 57.3 Å². The number of aliphatic hydroxyl groups is 1. The van der Waals surface area contributed by atoms with Gasteiger partial charge in [0.1, 0.15) is 17.3 Å². The van der Waals surface area contributed by atoms with Gasteiger partial charge in [0.2, 0.25) is 5.13 Å². The summed E-state index contributed by atoms with van der Waals surface area (Å²) in [7, 11) is 1.54. The van der Waals surface area contributed by atoms with Crippen molar-refractivity contribution in [2.45, 2.75) is 35.9 Å². The van der Waals surface area contributed by atoms with Crippen LogP contribution in [0.5, 0.6) is 11.5 Å². The molecule has 1 aliphatic heterocycles. The zero-order valence-corrected chi connectivity index (χ0v) is 25.3. The van der Waals surface area contributed by atoms with Crippen molar-refractivity contribution in [3.8, 4) is 11.5 Å². The molecular weight excluding hydrogens is 594 g/mol. The molecule has 1 unspecified atom stereocenters. The number of carbonyl (C=O) groups is 2. The maximum Gasteiger partial charge on any atom is 0.301 e. The lowest BCUT2D eigenvalue weighted by Crippen LogP contribution is -2.29. The Labute approximate surface area is 257 Å². The number of hydrogen-bond donors (Lipinski definition) is 1. The van der Waals surface area contributed by atoms with Crippen LogP contribution in [-0.4, -0.2) is 40.7 Å². The van der Waals surface area contributed by atoms with Crippen LogP contribution in [0.1, 0.15) is 42.5 Å². The zero-order chi connectivity index (χ0) is 29.6. The number of anilines is 1. The van der Waals surface area contributed by atoms with E-state index in [9.17, 15) is 14.7 Å². The van der Waals surface area contributed by atoms with Crippen molar-refractivity contribution in [2.75, 3.05) is 18.6 Å². The van der Waals surface area contributed by atoms with Gasteiger partial charge in [-0.3, -0.25) is 14.5 Å². The minimum atomic E-state index is -0.948. The molecule has 1 N–H and O–H groups in total. The van der Waals surface area contributed by atoms with Gasteiger partial charge in [-0.2, -0.15) is 0 Å². The molecular formula is C31H28ClN3O5S2. The van der Waals surface area contributed by atoms with Gasteiger partial charge in [-0.1, -0.05) is 78.4 Å². The first-order valence-corrected chi connectivity index (χ1v) is 15.5. The van der Waals surface area contributed by atoms with Crippen molar-refractivity contribution < 1.29 is 24.2 Å². The van der Waals surface area contributed by atoms with Crippen LogP contribution in [0.2, 0.25) is 5.02 Å². The van der Waals surface area contributed by atoms with Gasteiger partial charge in [-0.25, -0.2) is 0 Å². The molecule has 1 amide bonds. The Morgan fingerprint density at radius 2 is 1.83 bits per heavy atom. The Hall–Kier alpha value is -3.86. The second kappa shape index (κ2) is 13.4. The monoisotopic (exact) mass is 621 g/mol. The summed E-state index contributed by atoms with van der Waals surface area (Å²) in [5, 5.41) is 20.9. The number of rotatable bonds is 11. The Bertz CT molecular complexity index is 1620. The first kappa shape index (κ1) is 29.6. The number of aromatic nitrogens is 2. The molecule has 0 bridgehead atoms. The van der Waals surface area contributed by atoms with Crippen LogP contribution in [0.3, 0.4) is 0 Å². The summed E-state index contributed by atoms with van der Waals surface area (Å²) in [4.78, 5) is 28.4. The zero-order valence-electron chi connectivity index (χ0n) is 23.0. The molecule has 1 atom stereocenters.